The highest BCUT2D eigenvalue weighted by Crippen LogP contribution is 2.25. The lowest BCUT2D eigenvalue weighted by molar-refractivity contribution is -0.186. The van der Waals surface area contributed by atoms with Crippen molar-refractivity contribution in [1.29, 1.82) is 0 Å². The Hall–Kier alpha value is -2.25. The van der Waals surface area contributed by atoms with Gasteiger partial charge < -0.3 is 15.0 Å². The highest BCUT2D eigenvalue weighted by atomic mass is 19.4. The van der Waals surface area contributed by atoms with Crippen molar-refractivity contribution >= 4 is 11.8 Å². The zero-order valence-electron chi connectivity index (χ0n) is 14.6. The molecule has 1 N–H and O–H groups in total. The number of rotatable bonds is 7. The van der Waals surface area contributed by atoms with Crippen LogP contribution in [0, 0.1) is 0 Å². The highest BCUT2D eigenvalue weighted by molar-refractivity contribution is 5.90. The maximum atomic E-state index is 12.6. The number of amides is 2. The molecule has 0 aliphatic carbocycles. The molecule has 1 aliphatic rings. The van der Waals surface area contributed by atoms with Crippen LogP contribution in [0.25, 0.3) is 0 Å². The molecule has 0 spiro atoms. The summed E-state index contributed by atoms with van der Waals surface area (Å²) in [5.41, 5.74) is 1.15. The number of alkyl halides is 3. The molecule has 1 aromatic rings. The lowest BCUT2D eigenvalue weighted by Gasteiger charge is -2.24. The molecular formula is C18H23F3N2O3. The number of ether oxygens (including phenoxy) is 1. The van der Waals surface area contributed by atoms with Crippen LogP contribution >= 0.6 is 0 Å². The van der Waals surface area contributed by atoms with E-state index in [1.54, 1.807) is 7.11 Å². The van der Waals surface area contributed by atoms with Gasteiger partial charge in [0.1, 0.15) is 11.8 Å². The molecule has 1 heterocycles. The Morgan fingerprint density at radius 2 is 1.92 bits per heavy atom. The monoisotopic (exact) mass is 372 g/mol. The molecule has 26 heavy (non-hydrogen) atoms. The van der Waals surface area contributed by atoms with Crippen LogP contribution in [-0.4, -0.2) is 49.1 Å². The molecule has 144 valence electrons. The van der Waals surface area contributed by atoms with Crippen LogP contribution in [0.1, 0.15) is 31.2 Å². The molecule has 2 amide bonds. The van der Waals surface area contributed by atoms with Gasteiger partial charge in [-0.25, -0.2) is 0 Å². The Balaban J connectivity index is 1.71. The molecule has 1 fully saturated rings. The maximum absolute atomic E-state index is 12.6. The van der Waals surface area contributed by atoms with Crippen LogP contribution in [0.15, 0.2) is 24.3 Å². The number of benzene rings is 1. The van der Waals surface area contributed by atoms with Crippen molar-refractivity contribution in [1.82, 2.24) is 10.2 Å². The summed E-state index contributed by atoms with van der Waals surface area (Å²) in [7, 11) is 1.60. The molecule has 2 rings (SSSR count). The van der Waals surface area contributed by atoms with Gasteiger partial charge >= 0.3 is 12.1 Å². The molecule has 1 aliphatic heterocycles. The number of methoxy groups -OCH3 is 1. The molecule has 0 bridgehead atoms. The van der Waals surface area contributed by atoms with Gasteiger partial charge in [-0.05, 0) is 49.8 Å². The van der Waals surface area contributed by atoms with E-state index in [0.717, 1.165) is 24.2 Å². The average Bonchev–Trinajstić information content (AvgIpc) is 3.10. The van der Waals surface area contributed by atoms with Crippen LogP contribution in [0.2, 0.25) is 0 Å². The zero-order chi connectivity index (χ0) is 19.2. The second kappa shape index (κ2) is 8.91. The van der Waals surface area contributed by atoms with Gasteiger partial charge in [-0.3, -0.25) is 9.59 Å². The van der Waals surface area contributed by atoms with Gasteiger partial charge in [-0.1, -0.05) is 12.1 Å². The fourth-order valence-electron chi connectivity index (χ4n) is 3.02. The highest BCUT2D eigenvalue weighted by Gasteiger charge is 2.47. The van der Waals surface area contributed by atoms with E-state index in [1.165, 1.54) is 0 Å². The van der Waals surface area contributed by atoms with Crippen molar-refractivity contribution in [2.45, 2.75) is 44.3 Å². The summed E-state index contributed by atoms with van der Waals surface area (Å²) in [4.78, 5) is 24.1. The maximum Gasteiger partial charge on any atom is 0.471 e. The summed E-state index contributed by atoms with van der Waals surface area (Å²) in [6.07, 6.45) is -1.90. The van der Waals surface area contributed by atoms with Crippen LogP contribution in [-0.2, 0) is 16.0 Å². The van der Waals surface area contributed by atoms with Crippen LogP contribution in [0.4, 0.5) is 13.2 Å². The first-order valence-corrected chi connectivity index (χ1v) is 8.61. The first-order chi connectivity index (χ1) is 12.3. The molecule has 5 nitrogen and oxygen atoms in total. The van der Waals surface area contributed by atoms with Crippen molar-refractivity contribution in [3.05, 3.63) is 29.8 Å². The second-order valence-electron chi connectivity index (χ2n) is 6.25. The van der Waals surface area contributed by atoms with Crippen molar-refractivity contribution < 1.29 is 27.5 Å². The van der Waals surface area contributed by atoms with E-state index < -0.39 is 24.0 Å². The van der Waals surface area contributed by atoms with Gasteiger partial charge in [0.25, 0.3) is 0 Å². The minimum Gasteiger partial charge on any atom is -0.497 e. The van der Waals surface area contributed by atoms with Gasteiger partial charge in [0, 0.05) is 13.1 Å². The van der Waals surface area contributed by atoms with Crippen molar-refractivity contribution in [3.8, 4) is 5.75 Å². The lowest BCUT2D eigenvalue weighted by atomic mass is 10.1. The quantitative estimate of drug-likeness (QED) is 0.749. The van der Waals surface area contributed by atoms with Crippen LogP contribution < -0.4 is 10.1 Å². The molecule has 8 heteroatoms. The predicted octanol–water partition coefficient (Wildman–Crippen LogP) is 2.69. The number of carbonyl (C=O) groups excluding carboxylic acids is 2. The summed E-state index contributed by atoms with van der Waals surface area (Å²) in [6, 6.07) is 6.67. The Morgan fingerprint density at radius 3 is 2.54 bits per heavy atom. The van der Waals surface area contributed by atoms with Crippen LogP contribution in [0.3, 0.4) is 0 Å². The van der Waals surface area contributed by atoms with Gasteiger partial charge in [0.2, 0.25) is 5.91 Å². The predicted molar refractivity (Wildman–Crippen MR) is 89.7 cm³/mol. The van der Waals surface area contributed by atoms with E-state index in [4.69, 9.17) is 4.74 Å². The summed E-state index contributed by atoms with van der Waals surface area (Å²) >= 11 is 0. The minimum atomic E-state index is -4.94. The Morgan fingerprint density at radius 1 is 1.23 bits per heavy atom. The number of halogens is 3. The Kier molecular flexibility index (Phi) is 6.88. The smallest absolute Gasteiger partial charge is 0.471 e. The largest absolute Gasteiger partial charge is 0.497 e. The standard InChI is InChI=1S/C18H23F3N2O3/c1-26-14-9-7-13(8-10-14)5-2-3-11-22-16(24)15-6-4-12-23(15)17(25)18(19,20)21/h7-10,15H,2-6,11-12H2,1H3,(H,22,24). The van der Waals surface area contributed by atoms with E-state index in [9.17, 15) is 22.8 Å². The van der Waals surface area contributed by atoms with Gasteiger partial charge in [0.05, 0.1) is 7.11 Å². The summed E-state index contributed by atoms with van der Waals surface area (Å²) in [6.45, 7) is 0.341. The van der Waals surface area contributed by atoms with E-state index in [1.807, 2.05) is 24.3 Å². The first kappa shape index (κ1) is 20.1. The summed E-state index contributed by atoms with van der Waals surface area (Å²) < 4.78 is 42.8. The fraction of sp³-hybridized carbons (Fsp3) is 0.556. The first-order valence-electron chi connectivity index (χ1n) is 8.61. The molecule has 0 saturated carbocycles. The molecule has 1 atom stereocenters. The third-order valence-corrected chi connectivity index (χ3v) is 4.41. The summed E-state index contributed by atoms with van der Waals surface area (Å²) in [5.74, 6) is -1.66. The third-order valence-electron chi connectivity index (χ3n) is 4.41. The fourth-order valence-corrected chi connectivity index (χ4v) is 3.02. The Bertz CT molecular complexity index is 617. The normalized spacial score (nSPS) is 17.2. The summed E-state index contributed by atoms with van der Waals surface area (Å²) in [5, 5.41) is 2.65. The molecule has 1 saturated heterocycles. The van der Waals surface area contributed by atoms with E-state index in [2.05, 4.69) is 5.32 Å². The van der Waals surface area contributed by atoms with E-state index in [-0.39, 0.29) is 13.0 Å². The third kappa shape index (κ3) is 5.37. The topological polar surface area (TPSA) is 58.6 Å². The number of nitrogens with one attached hydrogen (secondary N) is 1. The molecule has 0 aromatic heterocycles. The zero-order valence-corrected chi connectivity index (χ0v) is 14.6. The molecule has 0 radical (unpaired) electrons. The SMILES string of the molecule is COc1ccc(CCCCNC(=O)C2CCCN2C(=O)C(F)(F)F)cc1. The molecule has 1 aromatic carbocycles. The van der Waals surface area contributed by atoms with Crippen molar-refractivity contribution in [2.75, 3.05) is 20.2 Å². The van der Waals surface area contributed by atoms with E-state index in [0.29, 0.717) is 24.3 Å². The molecule has 1 unspecified atom stereocenters. The average molecular weight is 372 g/mol. The number of unbranched alkanes of at least 4 members (excludes halogenated alkanes) is 1. The van der Waals surface area contributed by atoms with Gasteiger partial charge in [-0.15, -0.1) is 0 Å². The van der Waals surface area contributed by atoms with Gasteiger partial charge in [0.15, 0.2) is 0 Å². The number of likely N-dealkylation sites (tertiary alicyclic amines) is 1. The van der Waals surface area contributed by atoms with E-state index >= 15 is 0 Å². The lowest BCUT2D eigenvalue weighted by Crippen LogP contribution is -2.50. The number of carbonyl (C=O) groups is 2. The number of nitrogens with zero attached hydrogens (tertiary/aromatic N) is 1. The van der Waals surface area contributed by atoms with Gasteiger partial charge in [-0.2, -0.15) is 13.2 Å². The second-order valence-corrected chi connectivity index (χ2v) is 6.25. The molecular weight excluding hydrogens is 349 g/mol. The number of hydrogen-bond donors (Lipinski definition) is 1. The Labute approximate surface area is 150 Å². The van der Waals surface area contributed by atoms with Crippen LogP contribution in [0.5, 0.6) is 5.75 Å². The minimum absolute atomic E-state index is 0.0338. The van der Waals surface area contributed by atoms with Crippen molar-refractivity contribution in [3.63, 3.8) is 0 Å². The number of aryl methyl sites for hydroxylation is 1. The van der Waals surface area contributed by atoms with Crippen molar-refractivity contribution in [2.24, 2.45) is 0 Å². The number of hydrogen-bond acceptors (Lipinski definition) is 3.